The number of methoxy groups -OCH3 is 1. The predicted octanol–water partition coefficient (Wildman–Crippen LogP) is 4.03. The van der Waals surface area contributed by atoms with Crippen molar-refractivity contribution in [2.75, 3.05) is 20.7 Å². The third-order valence-corrected chi connectivity index (χ3v) is 4.57. The smallest absolute Gasteiger partial charge is 0.119 e. The second kappa shape index (κ2) is 7.66. The second-order valence-corrected chi connectivity index (χ2v) is 5.81. The largest absolute Gasteiger partial charge is 0.497 e. The standard InChI is InChI=1S/C19H23NO.ClH/c1-20-13-16-9-8-15-12-17(21-2)10-11-18(15)19(16)14-6-4-3-5-7-14;/h3-7,10-12,16,19-20H,8-9,13H2,1-2H3;1H/t16-,19+;/m0./s1. The normalized spacial score (nSPS) is 19.9. The Bertz CT molecular complexity index is 600. The van der Waals surface area contributed by atoms with Crippen LogP contribution in [-0.2, 0) is 6.42 Å². The molecular formula is C19H24ClNO. The molecule has 0 saturated heterocycles. The number of halogens is 1. The summed E-state index contributed by atoms with van der Waals surface area (Å²) in [6, 6.07) is 17.5. The van der Waals surface area contributed by atoms with Gasteiger partial charge in [0.15, 0.2) is 0 Å². The van der Waals surface area contributed by atoms with Gasteiger partial charge in [-0.1, -0.05) is 36.4 Å². The van der Waals surface area contributed by atoms with E-state index in [0.717, 1.165) is 18.7 Å². The van der Waals surface area contributed by atoms with Gasteiger partial charge in [0.2, 0.25) is 0 Å². The van der Waals surface area contributed by atoms with Gasteiger partial charge in [-0.2, -0.15) is 0 Å². The summed E-state index contributed by atoms with van der Waals surface area (Å²) in [6.07, 6.45) is 2.36. The van der Waals surface area contributed by atoms with E-state index in [0.29, 0.717) is 11.8 Å². The fraction of sp³-hybridized carbons (Fsp3) is 0.368. The third kappa shape index (κ3) is 3.29. The Kier molecular flexibility index (Phi) is 5.87. The zero-order valence-corrected chi connectivity index (χ0v) is 14.0. The molecular weight excluding hydrogens is 294 g/mol. The molecule has 0 spiro atoms. The molecule has 2 aromatic carbocycles. The number of ether oxygens (including phenoxy) is 1. The fourth-order valence-corrected chi connectivity index (χ4v) is 3.58. The lowest BCUT2D eigenvalue weighted by atomic mass is 9.72. The Labute approximate surface area is 139 Å². The lowest BCUT2D eigenvalue weighted by Gasteiger charge is -2.34. The van der Waals surface area contributed by atoms with Crippen LogP contribution in [0.3, 0.4) is 0 Å². The molecule has 0 bridgehead atoms. The predicted molar refractivity (Wildman–Crippen MR) is 94.3 cm³/mol. The van der Waals surface area contributed by atoms with Gasteiger partial charge in [-0.15, -0.1) is 12.4 Å². The van der Waals surface area contributed by atoms with Crippen LogP contribution in [0.15, 0.2) is 48.5 Å². The van der Waals surface area contributed by atoms with E-state index >= 15 is 0 Å². The highest BCUT2D eigenvalue weighted by Crippen LogP contribution is 2.41. The summed E-state index contributed by atoms with van der Waals surface area (Å²) >= 11 is 0. The molecule has 0 fully saturated rings. The average molecular weight is 318 g/mol. The molecule has 118 valence electrons. The molecule has 0 aliphatic heterocycles. The maximum atomic E-state index is 5.38. The van der Waals surface area contributed by atoms with Crippen molar-refractivity contribution in [1.29, 1.82) is 0 Å². The highest BCUT2D eigenvalue weighted by Gasteiger charge is 2.30. The topological polar surface area (TPSA) is 21.3 Å². The first-order valence-corrected chi connectivity index (χ1v) is 7.70. The maximum Gasteiger partial charge on any atom is 0.119 e. The first-order chi connectivity index (χ1) is 10.3. The van der Waals surface area contributed by atoms with Gasteiger partial charge in [0.25, 0.3) is 0 Å². The van der Waals surface area contributed by atoms with Gasteiger partial charge < -0.3 is 10.1 Å². The van der Waals surface area contributed by atoms with Crippen LogP contribution in [-0.4, -0.2) is 20.7 Å². The van der Waals surface area contributed by atoms with Gasteiger partial charge in [0, 0.05) is 5.92 Å². The Morgan fingerprint density at radius 3 is 2.59 bits per heavy atom. The summed E-state index contributed by atoms with van der Waals surface area (Å²) in [7, 11) is 3.79. The number of hydrogen-bond acceptors (Lipinski definition) is 2. The van der Waals surface area contributed by atoms with Crippen LogP contribution in [0.2, 0.25) is 0 Å². The molecule has 0 saturated carbocycles. The quantitative estimate of drug-likeness (QED) is 0.919. The van der Waals surface area contributed by atoms with Crippen molar-refractivity contribution in [2.45, 2.75) is 18.8 Å². The van der Waals surface area contributed by atoms with E-state index in [2.05, 4.69) is 53.8 Å². The summed E-state index contributed by atoms with van der Waals surface area (Å²) < 4.78 is 5.38. The summed E-state index contributed by atoms with van der Waals surface area (Å²) in [5.74, 6) is 2.10. The molecule has 0 unspecified atom stereocenters. The minimum atomic E-state index is 0. The first kappa shape index (κ1) is 16.9. The van der Waals surface area contributed by atoms with Crippen molar-refractivity contribution in [3.05, 3.63) is 65.2 Å². The lowest BCUT2D eigenvalue weighted by molar-refractivity contribution is 0.389. The molecule has 2 atom stereocenters. The maximum absolute atomic E-state index is 5.38. The molecule has 1 aliphatic carbocycles. The molecule has 0 heterocycles. The SMILES string of the molecule is CNC[C@@H]1CCc2cc(OC)ccc2[C@@H]1c1ccccc1.Cl. The van der Waals surface area contributed by atoms with E-state index in [1.165, 1.54) is 23.1 Å². The molecule has 1 aliphatic rings. The van der Waals surface area contributed by atoms with Crippen LogP contribution < -0.4 is 10.1 Å². The Morgan fingerprint density at radius 1 is 1.14 bits per heavy atom. The van der Waals surface area contributed by atoms with Crippen molar-refractivity contribution in [2.24, 2.45) is 5.92 Å². The number of aryl methyl sites for hydroxylation is 1. The van der Waals surface area contributed by atoms with Gasteiger partial charge in [-0.05, 0) is 61.2 Å². The van der Waals surface area contributed by atoms with Gasteiger partial charge in [-0.25, -0.2) is 0 Å². The van der Waals surface area contributed by atoms with E-state index in [-0.39, 0.29) is 12.4 Å². The fourth-order valence-electron chi connectivity index (χ4n) is 3.58. The summed E-state index contributed by atoms with van der Waals surface area (Å²) in [4.78, 5) is 0. The van der Waals surface area contributed by atoms with Gasteiger partial charge in [-0.3, -0.25) is 0 Å². The van der Waals surface area contributed by atoms with Gasteiger partial charge >= 0.3 is 0 Å². The first-order valence-electron chi connectivity index (χ1n) is 7.70. The highest BCUT2D eigenvalue weighted by atomic mass is 35.5. The molecule has 0 radical (unpaired) electrons. The van der Waals surface area contributed by atoms with Crippen LogP contribution in [0.4, 0.5) is 0 Å². The molecule has 2 nitrogen and oxygen atoms in total. The van der Waals surface area contributed by atoms with Crippen molar-refractivity contribution < 1.29 is 4.74 Å². The number of benzene rings is 2. The van der Waals surface area contributed by atoms with E-state index in [1.807, 2.05) is 7.05 Å². The Morgan fingerprint density at radius 2 is 1.91 bits per heavy atom. The van der Waals surface area contributed by atoms with Crippen molar-refractivity contribution in [1.82, 2.24) is 5.32 Å². The molecule has 0 amide bonds. The van der Waals surface area contributed by atoms with Gasteiger partial charge in [0.1, 0.15) is 5.75 Å². The number of hydrogen-bond donors (Lipinski definition) is 1. The number of nitrogens with one attached hydrogen (secondary N) is 1. The molecule has 1 N–H and O–H groups in total. The molecule has 3 rings (SSSR count). The zero-order chi connectivity index (χ0) is 14.7. The zero-order valence-electron chi connectivity index (χ0n) is 13.2. The Hall–Kier alpha value is -1.51. The van der Waals surface area contributed by atoms with Crippen molar-refractivity contribution in [3.63, 3.8) is 0 Å². The van der Waals surface area contributed by atoms with Crippen molar-refractivity contribution >= 4 is 12.4 Å². The lowest BCUT2D eigenvalue weighted by Crippen LogP contribution is -2.29. The number of fused-ring (bicyclic) bond motifs is 1. The monoisotopic (exact) mass is 317 g/mol. The van der Waals surface area contributed by atoms with E-state index in [9.17, 15) is 0 Å². The molecule has 0 aromatic heterocycles. The minimum absolute atomic E-state index is 0. The summed E-state index contributed by atoms with van der Waals surface area (Å²) in [5, 5.41) is 3.37. The summed E-state index contributed by atoms with van der Waals surface area (Å²) in [6.45, 7) is 1.06. The average Bonchev–Trinajstić information content (AvgIpc) is 2.55. The van der Waals surface area contributed by atoms with Crippen LogP contribution in [0.1, 0.15) is 29.0 Å². The van der Waals surface area contributed by atoms with Crippen LogP contribution >= 0.6 is 12.4 Å². The van der Waals surface area contributed by atoms with Crippen LogP contribution in [0.25, 0.3) is 0 Å². The number of rotatable bonds is 4. The molecule has 2 aromatic rings. The van der Waals surface area contributed by atoms with Crippen LogP contribution in [0.5, 0.6) is 5.75 Å². The minimum Gasteiger partial charge on any atom is -0.497 e. The second-order valence-electron chi connectivity index (χ2n) is 5.81. The highest BCUT2D eigenvalue weighted by molar-refractivity contribution is 5.85. The van der Waals surface area contributed by atoms with Crippen LogP contribution in [0, 0.1) is 5.92 Å². The van der Waals surface area contributed by atoms with E-state index < -0.39 is 0 Å². The van der Waals surface area contributed by atoms with E-state index in [4.69, 9.17) is 4.74 Å². The Balaban J connectivity index is 0.00000176. The van der Waals surface area contributed by atoms with Crippen molar-refractivity contribution in [3.8, 4) is 5.75 Å². The third-order valence-electron chi connectivity index (χ3n) is 4.57. The summed E-state index contributed by atoms with van der Waals surface area (Å²) in [5.41, 5.74) is 4.33. The van der Waals surface area contributed by atoms with E-state index in [1.54, 1.807) is 7.11 Å². The van der Waals surface area contributed by atoms with Gasteiger partial charge in [0.05, 0.1) is 7.11 Å². The molecule has 3 heteroatoms. The molecule has 22 heavy (non-hydrogen) atoms.